The lowest BCUT2D eigenvalue weighted by Gasteiger charge is -2.36. The second-order valence-corrected chi connectivity index (χ2v) is 6.42. The standard InChI is InChI=1S/C17H21NO4/c1-17(11-6-8-13(19)9-7-11)10-12-4-3-5-14(15(20)22-2)18(12)16(17)21/h6-9,12,14,19H,3-5,10H2,1-2H3/t12-,14+,17+/m1/s1. The van der Waals surface area contributed by atoms with Crippen LogP contribution in [0.1, 0.15) is 38.2 Å². The van der Waals surface area contributed by atoms with E-state index in [0.29, 0.717) is 12.8 Å². The van der Waals surface area contributed by atoms with Crippen LogP contribution in [0, 0.1) is 0 Å². The van der Waals surface area contributed by atoms with E-state index in [1.54, 1.807) is 29.2 Å². The van der Waals surface area contributed by atoms with Gasteiger partial charge in [0.1, 0.15) is 11.8 Å². The number of fused-ring (bicyclic) bond motifs is 1. The number of phenolic OH excluding ortho intramolecular Hbond substituents is 1. The molecule has 0 radical (unpaired) electrons. The fourth-order valence-electron chi connectivity index (χ4n) is 3.87. The smallest absolute Gasteiger partial charge is 0.328 e. The maximum absolute atomic E-state index is 13.0. The van der Waals surface area contributed by atoms with Gasteiger partial charge in [-0.25, -0.2) is 4.79 Å². The fourth-order valence-corrected chi connectivity index (χ4v) is 3.87. The molecule has 0 unspecified atom stereocenters. The second-order valence-electron chi connectivity index (χ2n) is 6.42. The van der Waals surface area contributed by atoms with Gasteiger partial charge >= 0.3 is 5.97 Å². The highest BCUT2D eigenvalue weighted by Gasteiger charge is 2.54. The molecule has 5 nitrogen and oxygen atoms in total. The molecule has 1 amide bonds. The molecule has 0 bridgehead atoms. The molecular weight excluding hydrogens is 282 g/mol. The third kappa shape index (κ3) is 2.16. The molecule has 0 saturated carbocycles. The van der Waals surface area contributed by atoms with Crippen LogP contribution in [-0.4, -0.2) is 41.1 Å². The maximum atomic E-state index is 13.0. The van der Waals surface area contributed by atoms with Gasteiger partial charge in [0.2, 0.25) is 5.91 Å². The number of rotatable bonds is 2. The molecule has 1 aromatic carbocycles. The Balaban J connectivity index is 1.95. The predicted molar refractivity (Wildman–Crippen MR) is 80.4 cm³/mol. The van der Waals surface area contributed by atoms with E-state index in [1.165, 1.54) is 7.11 Å². The number of phenols is 1. The second kappa shape index (κ2) is 5.30. The van der Waals surface area contributed by atoms with Gasteiger partial charge in [-0.3, -0.25) is 4.79 Å². The van der Waals surface area contributed by atoms with Crippen LogP contribution in [-0.2, 0) is 19.7 Å². The minimum atomic E-state index is -0.644. The van der Waals surface area contributed by atoms with Crippen LogP contribution in [0.5, 0.6) is 5.75 Å². The van der Waals surface area contributed by atoms with Crippen molar-refractivity contribution in [3.63, 3.8) is 0 Å². The zero-order valence-electron chi connectivity index (χ0n) is 12.9. The molecule has 3 rings (SSSR count). The normalized spacial score (nSPS) is 31.0. The highest BCUT2D eigenvalue weighted by atomic mass is 16.5. The van der Waals surface area contributed by atoms with Crippen LogP contribution in [0.15, 0.2) is 24.3 Å². The molecule has 0 spiro atoms. The lowest BCUT2D eigenvalue weighted by molar-refractivity contribution is -0.155. The van der Waals surface area contributed by atoms with Crippen molar-refractivity contribution in [2.24, 2.45) is 0 Å². The number of hydrogen-bond acceptors (Lipinski definition) is 4. The molecule has 1 aromatic rings. The third-order valence-electron chi connectivity index (χ3n) is 5.07. The van der Waals surface area contributed by atoms with Crippen molar-refractivity contribution in [2.45, 2.75) is 50.1 Å². The molecule has 2 fully saturated rings. The van der Waals surface area contributed by atoms with E-state index in [1.807, 2.05) is 6.92 Å². The van der Waals surface area contributed by atoms with Crippen molar-refractivity contribution in [3.8, 4) is 5.75 Å². The molecule has 5 heteroatoms. The van der Waals surface area contributed by atoms with Gasteiger partial charge in [0, 0.05) is 6.04 Å². The average molecular weight is 303 g/mol. The topological polar surface area (TPSA) is 66.8 Å². The first-order valence-electron chi connectivity index (χ1n) is 7.67. The fraction of sp³-hybridized carbons (Fsp3) is 0.529. The number of nitrogens with zero attached hydrogens (tertiary/aromatic N) is 1. The zero-order chi connectivity index (χ0) is 15.9. The number of carbonyl (C=O) groups is 2. The van der Waals surface area contributed by atoms with E-state index >= 15 is 0 Å². The zero-order valence-corrected chi connectivity index (χ0v) is 12.9. The molecular formula is C17H21NO4. The Morgan fingerprint density at radius 1 is 1.32 bits per heavy atom. The van der Waals surface area contributed by atoms with E-state index < -0.39 is 11.5 Å². The highest BCUT2D eigenvalue weighted by molar-refractivity contribution is 5.94. The Labute approximate surface area is 129 Å². The molecule has 2 saturated heterocycles. The first-order valence-corrected chi connectivity index (χ1v) is 7.67. The number of amides is 1. The largest absolute Gasteiger partial charge is 0.508 e. The number of methoxy groups -OCH3 is 1. The minimum absolute atomic E-state index is 0.0155. The van der Waals surface area contributed by atoms with E-state index in [0.717, 1.165) is 18.4 Å². The summed E-state index contributed by atoms with van der Waals surface area (Å²) in [7, 11) is 1.37. The first kappa shape index (κ1) is 14.9. The van der Waals surface area contributed by atoms with Crippen LogP contribution >= 0.6 is 0 Å². The van der Waals surface area contributed by atoms with Gasteiger partial charge in [-0.2, -0.15) is 0 Å². The molecule has 2 heterocycles. The average Bonchev–Trinajstić information content (AvgIpc) is 2.79. The first-order chi connectivity index (χ1) is 10.5. The molecule has 22 heavy (non-hydrogen) atoms. The predicted octanol–water partition coefficient (Wildman–Crippen LogP) is 1.98. The summed E-state index contributed by atoms with van der Waals surface area (Å²) in [5, 5.41) is 9.45. The Morgan fingerprint density at radius 2 is 2.00 bits per heavy atom. The maximum Gasteiger partial charge on any atom is 0.328 e. The Hall–Kier alpha value is -2.04. The van der Waals surface area contributed by atoms with Gasteiger partial charge in [-0.15, -0.1) is 0 Å². The van der Waals surface area contributed by atoms with Gasteiger partial charge < -0.3 is 14.7 Å². The minimum Gasteiger partial charge on any atom is -0.508 e. The van der Waals surface area contributed by atoms with Crippen LogP contribution < -0.4 is 0 Å². The van der Waals surface area contributed by atoms with Gasteiger partial charge in [-0.05, 0) is 50.3 Å². The SMILES string of the molecule is COC(=O)[C@@H]1CCC[C@@H]2C[C@@](C)(c3ccc(O)cc3)C(=O)N21. The Morgan fingerprint density at radius 3 is 2.64 bits per heavy atom. The van der Waals surface area contributed by atoms with Crippen LogP contribution in [0.2, 0.25) is 0 Å². The summed E-state index contributed by atoms with van der Waals surface area (Å²) < 4.78 is 4.87. The highest BCUT2D eigenvalue weighted by Crippen LogP contribution is 2.44. The molecule has 3 atom stereocenters. The molecule has 118 valence electrons. The van der Waals surface area contributed by atoms with E-state index in [-0.39, 0.29) is 23.7 Å². The van der Waals surface area contributed by atoms with Crippen LogP contribution in [0.3, 0.4) is 0 Å². The summed E-state index contributed by atoms with van der Waals surface area (Å²) in [5.41, 5.74) is 0.239. The van der Waals surface area contributed by atoms with Crippen molar-refractivity contribution >= 4 is 11.9 Å². The number of benzene rings is 1. The summed E-state index contributed by atoms with van der Waals surface area (Å²) >= 11 is 0. The summed E-state index contributed by atoms with van der Waals surface area (Å²) in [4.78, 5) is 26.8. The van der Waals surface area contributed by atoms with Crippen molar-refractivity contribution in [1.29, 1.82) is 0 Å². The van der Waals surface area contributed by atoms with Gasteiger partial charge in [0.15, 0.2) is 0 Å². The van der Waals surface area contributed by atoms with E-state index in [9.17, 15) is 14.7 Å². The molecule has 1 N–H and O–H groups in total. The van der Waals surface area contributed by atoms with Gasteiger partial charge in [0.05, 0.1) is 12.5 Å². The summed E-state index contributed by atoms with van der Waals surface area (Å²) in [6.45, 7) is 1.92. The van der Waals surface area contributed by atoms with Crippen LogP contribution in [0.25, 0.3) is 0 Å². The summed E-state index contributed by atoms with van der Waals surface area (Å²) in [6, 6.07) is 6.41. The van der Waals surface area contributed by atoms with Crippen molar-refractivity contribution in [2.75, 3.05) is 7.11 Å². The monoisotopic (exact) mass is 303 g/mol. The van der Waals surface area contributed by atoms with Gasteiger partial charge in [0.25, 0.3) is 0 Å². The number of aromatic hydroxyl groups is 1. The number of hydrogen-bond donors (Lipinski definition) is 1. The quantitative estimate of drug-likeness (QED) is 0.848. The molecule has 2 aliphatic heterocycles. The molecule has 0 aromatic heterocycles. The van der Waals surface area contributed by atoms with E-state index in [2.05, 4.69) is 0 Å². The van der Waals surface area contributed by atoms with Crippen LogP contribution in [0.4, 0.5) is 0 Å². The Kier molecular flexibility index (Phi) is 3.59. The number of carbonyl (C=O) groups excluding carboxylic acids is 2. The van der Waals surface area contributed by atoms with E-state index in [4.69, 9.17) is 4.74 Å². The number of ether oxygens (including phenoxy) is 1. The summed E-state index contributed by atoms with van der Waals surface area (Å²) in [5.74, 6) is -0.158. The third-order valence-corrected chi connectivity index (χ3v) is 5.07. The summed E-state index contributed by atoms with van der Waals surface area (Å²) in [6.07, 6.45) is 3.22. The van der Waals surface area contributed by atoms with Crippen molar-refractivity contribution in [1.82, 2.24) is 4.90 Å². The number of esters is 1. The Bertz CT molecular complexity index is 597. The lowest BCUT2D eigenvalue weighted by Crippen LogP contribution is -2.51. The molecule has 2 aliphatic rings. The number of piperidine rings is 1. The van der Waals surface area contributed by atoms with Gasteiger partial charge in [-0.1, -0.05) is 12.1 Å². The van der Waals surface area contributed by atoms with Crippen molar-refractivity contribution in [3.05, 3.63) is 29.8 Å². The lowest BCUT2D eigenvalue weighted by atomic mass is 9.79. The molecule has 0 aliphatic carbocycles. The van der Waals surface area contributed by atoms with Crippen molar-refractivity contribution < 1.29 is 19.4 Å².